The number of nitrogens with one attached hydrogen (secondary N) is 1. The highest BCUT2D eigenvalue weighted by atomic mass is 16.4. The van der Waals surface area contributed by atoms with Crippen molar-refractivity contribution in [1.29, 1.82) is 0 Å². The topological polar surface area (TPSA) is 86.7 Å². The lowest BCUT2D eigenvalue weighted by atomic mass is 10.0. The van der Waals surface area contributed by atoms with Crippen LogP contribution in [-0.2, 0) is 20.8 Å². The maximum atomic E-state index is 12.4. The van der Waals surface area contributed by atoms with Gasteiger partial charge in [0.2, 0.25) is 12.3 Å². The van der Waals surface area contributed by atoms with Gasteiger partial charge >= 0.3 is 5.97 Å². The van der Waals surface area contributed by atoms with Gasteiger partial charge in [0.05, 0.1) is 0 Å². The Morgan fingerprint density at radius 2 is 1.87 bits per heavy atom. The van der Waals surface area contributed by atoms with Crippen LogP contribution in [0.5, 0.6) is 0 Å². The van der Waals surface area contributed by atoms with Crippen LogP contribution in [-0.4, -0.2) is 47.4 Å². The number of nitrogens with zero attached hydrogens (tertiary/aromatic N) is 1. The van der Waals surface area contributed by atoms with E-state index in [1.165, 1.54) is 11.9 Å². The largest absolute Gasteiger partial charge is 0.480 e. The van der Waals surface area contributed by atoms with Crippen LogP contribution < -0.4 is 5.32 Å². The number of hydrogen-bond donors (Lipinski definition) is 2. The summed E-state index contributed by atoms with van der Waals surface area (Å²) in [6, 6.07) is 7.39. The first kappa shape index (κ1) is 18.7. The number of carboxylic acids is 1. The van der Waals surface area contributed by atoms with Crippen LogP contribution in [0.25, 0.3) is 0 Å². The summed E-state index contributed by atoms with van der Waals surface area (Å²) in [6.07, 6.45) is 1.25. The number of hydrogen-bond acceptors (Lipinski definition) is 3. The number of carboxylic acid groups (broad SMARTS) is 1. The predicted octanol–water partition coefficient (Wildman–Crippen LogP) is 1.30. The van der Waals surface area contributed by atoms with Crippen molar-refractivity contribution in [2.24, 2.45) is 5.92 Å². The Morgan fingerprint density at radius 1 is 1.26 bits per heavy atom. The third kappa shape index (κ3) is 6.10. The maximum Gasteiger partial charge on any atom is 0.326 e. The highest BCUT2D eigenvalue weighted by molar-refractivity contribution is 5.88. The maximum absolute atomic E-state index is 12.4. The van der Waals surface area contributed by atoms with Gasteiger partial charge in [0.25, 0.3) is 0 Å². The molecule has 1 rings (SSSR count). The second-order valence-electron chi connectivity index (χ2n) is 6.01. The Labute approximate surface area is 136 Å². The monoisotopic (exact) mass is 320 g/mol. The van der Waals surface area contributed by atoms with Gasteiger partial charge in [-0.25, -0.2) is 4.79 Å². The Morgan fingerprint density at radius 3 is 2.35 bits per heavy atom. The first-order valence-electron chi connectivity index (χ1n) is 7.59. The minimum absolute atomic E-state index is 0.196. The summed E-state index contributed by atoms with van der Waals surface area (Å²) in [5.41, 5.74) is 0.823. The van der Waals surface area contributed by atoms with Crippen LogP contribution >= 0.6 is 0 Å². The Bertz CT molecular complexity index is 531. The van der Waals surface area contributed by atoms with Crippen LogP contribution in [0.15, 0.2) is 30.3 Å². The van der Waals surface area contributed by atoms with Crippen LogP contribution in [0.4, 0.5) is 0 Å². The number of rotatable bonds is 9. The van der Waals surface area contributed by atoms with Gasteiger partial charge in [-0.05, 0) is 17.9 Å². The zero-order valence-corrected chi connectivity index (χ0v) is 13.7. The van der Waals surface area contributed by atoms with E-state index < -0.39 is 24.0 Å². The normalized spacial score (nSPS) is 13.2. The molecule has 0 unspecified atom stereocenters. The molecule has 0 aliphatic rings. The smallest absolute Gasteiger partial charge is 0.326 e. The van der Waals surface area contributed by atoms with Gasteiger partial charge in [-0.1, -0.05) is 44.2 Å². The second kappa shape index (κ2) is 8.92. The Balaban J connectivity index is 2.82. The minimum Gasteiger partial charge on any atom is -0.480 e. The van der Waals surface area contributed by atoms with E-state index in [4.69, 9.17) is 0 Å². The molecule has 0 radical (unpaired) electrons. The second-order valence-corrected chi connectivity index (χ2v) is 6.01. The summed E-state index contributed by atoms with van der Waals surface area (Å²) in [4.78, 5) is 36.1. The van der Waals surface area contributed by atoms with Crippen molar-refractivity contribution in [2.75, 3.05) is 7.05 Å². The lowest BCUT2D eigenvalue weighted by Crippen LogP contribution is -2.51. The number of carbonyl (C=O) groups is 3. The van der Waals surface area contributed by atoms with Crippen molar-refractivity contribution < 1.29 is 19.5 Å². The fraction of sp³-hybridized carbons (Fsp3) is 0.471. The van der Waals surface area contributed by atoms with Crippen molar-refractivity contribution in [3.8, 4) is 0 Å². The fourth-order valence-corrected chi connectivity index (χ4v) is 2.30. The van der Waals surface area contributed by atoms with Gasteiger partial charge < -0.3 is 15.3 Å². The van der Waals surface area contributed by atoms with Gasteiger partial charge in [0, 0.05) is 13.5 Å². The first-order valence-corrected chi connectivity index (χ1v) is 7.59. The van der Waals surface area contributed by atoms with Crippen molar-refractivity contribution >= 4 is 18.3 Å². The van der Waals surface area contributed by atoms with Crippen molar-refractivity contribution in [2.45, 2.75) is 38.8 Å². The summed E-state index contributed by atoms with van der Waals surface area (Å²) >= 11 is 0. The SMILES string of the molecule is CC(C)C[C@@H](C(=O)N[C@@H](Cc1ccccc1)C(=O)O)N(C)C=O. The molecule has 23 heavy (non-hydrogen) atoms. The molecule has 2 amide bonds. The predicted molar refractivity (Wildman–Crippen MR) is 86.8 cm³/mol. The minimum atomic E-state index is -1.10. The van der Waals surface area contributed by atoms with E-state index in [9.17, 15) is 19.5 Å². The highest BCUT2D eigenvalue weighted by Gasteiger charge is 2.28. The molecule has 2 N–H and O–H groups in total. The molecule has 0 heterocycles. The first-order chi connectivity index (χ1) is 10.8. The van der Waals surface area contributed by atoms with Gasteiger partial charge in [-0.2, -0.15) is 0 Å². The molecule has 6 heteroatoms. The van der Waals surface area contributed by atoms with Crippen LogP contribution in [0.1, 0.15) is 25.8 Å². The van der Waals surface area contributed by atoms with E-state index in [1.807, 2.05) is 44.2 Å². The summed E-state index contributed by atoms with van der Waals surface area (Å²) in [6.45, 7) is 3.88. The summed E-state index contributed by atoms with van der Waals surface area (Å²) in [7, 11) is 1.52. The summed E-state index contributed by atoms with van der Waals surface area (Å²) in [5.74, 6) is -1.35. The van der Waals surface area contributed by atoms with Gasteiger partial charge in [0.15, 0.2) is 0 Å². The molecular formula is C17H24N2O4. The average Bonchev–Trinajstić information content (AvgIpc) is 2.51. The Kier molecular flexibility index (Phi) is 7.25. The Hall–Kier alpha value is -2.37. The van der Waals surface area contributed by atoms with E-state index >= 15 is 0 Å². The quantitative estimate of drug-likeness (QED) is 0.672. The third-order valence-electron chi connectivity index (χ3n) is 3.55. The number of likely N-dealkylation sites (N-methyl/N-ethyl adjacent to an activating group) is 1. The molecule has 126 valence electrons. The number of benzene rings is 1. The molecule has 1 aromatic carbocycles. The molecule has 0 aliphatic carbocycles. The molecule has 0 aromatic heterocycles. The molecule has 1 aromatic rings. The van der Waals surface area contributed by atoms with Crippen LogP contribution in [0.3, 0.4) is 0 Å². The standard InChI is InChI=1S/C17H24N2O4/c1-12(2)9-15(19(3)11-20)16(21)18-14(17(22)23)10-13-7-5-4-6-8-13/h4-8,11-12,14-15H,9-10H2,1-3H3,(H,18,21)(H,22,23)/t14-,15-/m0/s1. The fourth-order valence-electron chi connectivity index (χ4n) is 2.30. The molecule has 0 saturated heterocycles. The molecule has 2 atom stereocenters. The van der Waals surface area contributed by atoms with E-state index in [-0.39, 0.29) is 12.3 Å². The number of aliphatic carboxylic acids is 1. The van der Waals surface area contributed by atoms with Gasteiger partial charge in [-0.3, -0.25) is 9.59 Å². The molecule has 0 fully saturated rings. The molecule has 0 saturated carbocycles. The van der Waals surface area contributed by atoms with Crippen molar-refractivity contribution in [1.82, 2.24) is 10.2 Å². The molecular weight excluding hydrogens is 296 g/mol. The van der Waals surface area contributed by atoms with Crippen molar-refractivity contribution in [3.63, 3.8) is 0 Å². The highest BCUT2D eigenvalue weighted by Crippen LogP contribution is 2.11. The van der Waals surface area contributed by atoms with E-state index in [0.717, 1.165) is 5.56 Å². The average molecular weight is 320 g/mol. The molecule has 0 aliphatic heterocycles. The van der Waals surface area contributed by atoms with E-state index in [1.54, 1.807) is 0 Å². The lowest BCUT2D eigenvalue weighted by Gasteiger charge is -2.26. The molecule has 6 nitrogen and oxygen atoms in total. The van der Waals surface area contributed by atoms with Crippen molar-refractivity contribution in [3.05, 3.63) is 35.9 Å². The zero-order valence-electron chi connectivity index (χ0n) is 13.7. The van der Waals surface area contributed by atoms with E-state index in [0.29, 0.717) is 12.8 Å². The van der Waals surface area contributed by atoms with E-state index in [2.05, 4.69) is 5.32 Å². The molecule has 0 spiro atoms. The summed E-state index contributed by atoms with van der Waals surface area (Å²) < 4.78 is 0. The summed E-state index contributed by atoms with van der Waals surface area (Å²) in [5, 5.41) is 11.9. The zero-order chi connectivity index (χ0) is 17.4. The third-order valence-corrected chi connectivity index (χ3v) is 3.55. The molecule has 0 bridgehead atoms. The number of carbonyl (C=O) groups excluding carboxylic acids is 2. The van der Waals surface area contributed by atoms with Crippen LogP contribution in [0, 0.1) is 5.92 Å². The number of amides is 2. The van der Waals surface area contributed by atoms with Gasteiger partial charge in [-0.15, -0.1) is 0 Å². The van der Waals surface area contributed by atoms with Crippen LogP contribution in [0.2, 0.25) is 0 Å². The lowest BCUT2D eigenvalue weighted by molar-refractivity contribution is -0.143. The van der Waals surface area contributed by atoms with Gasteiger partial charge in [0.1, 0.15) is 12.1 Å².